The third-order valence-electron chi connectivity index (χ3n) is 6.68. The normalized spacial score (nSPS) is 11.9. The summed E-state index contributed by atoms with van der Waals surface area (Å²) in [5.41, 5.74) is 3.72. The zero-order chi connectivity index (χ0) is 31.5. The Labute approximate surface area is 263 Å². The molecule has 1 unspecified atom stereocenters. The molecule has 4 rings (SSSR count). The van der Waals surface area contributed by atoms with Gasteiger partial charge in [-0.25, -0.2) is 0 Å². The summed E-state index contributed by atoms with van der Waals surface area (Å²) < 4.78 is 5.60. The first-order valence-electron chi connectivity index (χ1n) is 14.5. The van der Waals surface area contributed by atoms with Gasteiger partial charge in [-0.2, -0.15) is 0 Å². The topological polar surface area (TPSA) is 96.5 Å². The number of anilines is 2. The number of hydrogen-bond acceptors (Lipinski definition) is 5. The summed E-state index contributed by atoms with van der Waals surface area (Å²) in [6, 6.07) is 31.2. The van der Waals surface area contributed by atoms with E-state index < -0.39 is 5.91 Å². The molecular formula is C36H37N3O4S. The third kappa shape index (κ3) is 9.09. The average Bonchev–Trinajstić information content (AvgIpc) is 3.03. The van der Waals surface area contributed by atoms with Crippen molar-refractivity contribution in [2.75, 3.05) is 17.2 Å². The van der Waals surface area contributed by atoms with Gasteiger partial charge in [-0.15, -0.1) is 11.8 Å². The molecule has 1 atom stereocenters. The fraction of sp³-hybridized carbons (Fsp3) is 0.194. The highest BCUT2D eigenvalue weighted by Crippen LogP contribution is 2.28. The van der Waals surface area contributed by atoms with Crippen LogP contribution in [0.15, 0.2) is 114 Å². The lowest BCUT2D eigenvalue weighted by molar-refractivity contribution is -0.115. The van der Waals surface area contributed by atoms with Gasteiger partial charge < -0.3 is 20.7 Å². The first-order chi connectivity index (χ1) is 21.2. The third-order valence-corrected chi connectivity index (χ3v) is 7.79. The van der Waals surface area contributed by atoms with Gasteiger partial charge in [0.05, 0.1) is 17.5 Å². The number of benzene rings is 4. The summed E-state index contributed by atoms with van der Waals surface area (Å²) in [5, 5.41) is 8.21. The van der Waals surface area contributed by atoms with Crippen LogP contribution in [0.25, 0.3) is 6.08 Å². The van der Waals surface area contributed by atoms with E-state index in [1.54, 1.807) is 42.5 Å². The minimum Gasteiger partial charge on any atom is -0.492 e. The molecule has 0 heterocycles. The van der Waals surface area contributed by atoms with E-state index in [1.807, 2.05) is 80.6 Å². The van der Waals surface area contributed by atoms with Crippen molar-refractivity contribution in [2.45, 2.75) is 43.8 Å². The highest BCUT2D eigenvalue weighted by Gasteiger charge is 2.18. The molecule has 0 aromatic heterocycles. The van der Waals surface area contributed by atoms with Gasteiger partial charge in [0.15, 0.2) is 0 Å². The largest absolute Gasteiger partial charge is 0.492 e. The Morgan fingerprint density at radius 3 is 2.11 bits per heavy atom. The number of carbonyl (C=O) groups is 3. The second-order valence-corrected chi connectivity index (χ2v) is 11.8. The molecule has 0 radical (unpaired) electrons. The number of amides is 3. The number of ether oxygens (including phenoxy) is 1. The Morgan fingerprint density at radius 2 is 1.45 bits per heavy atom. The van der Waals surface area contributed by atoms with Crippen molar-refractivity contribution in [1.82, 2.24) is 5.32 Å². The maximum atomic E-state index is 13.4. The molecule has 8 heteroatoms. The van der Waals surface area contributed by atoms with Crippen LogP contribution >= 0.6 is 11.8 Å². The number of hydrogen-bond donors (Lipinski definition) is 3. The van der Waals surface area contributed by atoms with Gasteiger partial charge in [0, 0.05) is 16.1 Å². The van der Waals surface area contributed by atoms with Crippen LogP contribution in [-0.2, 0) is 9.59 Å². The van der Waals surface area contributed by atoms with Gasteiger partial charge in [-0.3, -0.25) is 14.4 Å². The predicted octanol–water partition coefficient (Wildman–Crippen LogP) is 7.74. The zero-order valence-electron chi connectivity index (χ0n) is 25.3. The van der Waals surface area contributed by atoms with E-state index in [2.05, 4.69) is 29.8 Å². The van der Waals surface area contributed by atoms with Gasteiger partial charge in [-0.1, -0.05) is 68.4 Å². The first kappa shape index (κ1) is 32.1. The van der Waals surface area contributed by atoms with Crippen LogP contribution in [-0.4, -0.2) is 29.6 Å². The Hall–Kier alpha value is -4.82. The van der Waals surface area contributed by atoms with Gasteiger partial charge in [-0.05, 0) is 85.5 Å². The lowest BCUT2D eigenvalue weighted by Crippen LogP contribution is -2.30. The molecule has 0 bridgehead atoms. The maximum Gasteiger partial charge on any atom is 0.272 e. The minimum absolute atomic E-state index is 0.118. The maximum absolute atomic E-state index is 13.4. The van der Waals surface area contributed by atoms with Crippen LogP contribution in [0, 0.1) is 0 Å². The van der Waals surface area contributed by atoms with Crippen LogP contribution in [0.1, 0.15) is 55.1 Å². The van der Waals surface area contributed by atoms with Crippen molar-refractivity contribution in [3.63, 3.8) is 0 Å². The number of rotatable bonds is 12. The smallest absolute Gasteiger partial charge is 0.272 e. The highest BCUT2D eigenvalue weighted by molar-refractivity contribution is 8.00. The van der Waals surface area contributed by atoms with Crippen LogP contribution < -0.4 is 20.7 Å². The van der Waals surface area contributed by atoms with Crippen LogP contribution in [0.2, 0.25) is 0 Å². The van der Waals surface area contributed by atoms with Crippen LogP contribution in [0.4, 0.5) is 11.4 Å². The van der Waals surface area contributed by atoms with E-state index in [4.69, 9.17) is 4.74 Å². The van der Waals surface area contributed by atoms with E-state index in [0.717, 1.165) is 10.5 Å². The van der Waals surface area contributed by atoms with Crippen molar-refractivity contribution < 1.29 is 19.1 Å². The quantitative estimate of drug-likeness (QED) is 0.113. The number of carbonyl (C=O) groups excluding carboxylic acids is 3. The molecule has 3 amide bonds. The molecule has 0 aliphatic rings. The standard InChI is InChI=1S/C36H37N3O4S/c1-5-43-33-14-10-9-13-31(33)38-34(40)25(4)44-30-21-19-29(20-22-30)37-36(42)32(39-35(41)28-11-7-6-8-12-28)23-26-15-17-27(18-16-26)24(2)3/h6-25H,5H2,1-4H3,(H,37,42)(H,38,40)(H,39,41)/b32-23-. The first-order valence-corrected chi connectivity index (χ1v) is 15.4. The summed E-state index contributed by atoms with van der Waals surface area (Å²) in [4.78, 5) is 40.1. The van der Waals surface area contributed by atoms with Crippen LogP contribution in [0.5, 0.6) is 5.75 Å². The molecule has 0 spiro atoms. The number of para-hydroxylation sites is 2. The molecular weight excluding hydrogens is 570 g/mol. The number of nitrogens with one attached hydrogen (secondary N) is 3. The van der Waals surface area contributed by atoms with Crippen molar-refractivity contribution >= 4 is 46.9 Å². The molecule has 0 saturated heterocycles. The molecule has 3 N–H and O–H groups in total. The van der Waals surface area contributed by atoms with E-state index in [9.17, 15) is 14.4 Å². The molecule has 0 fully saturated rings. The van der Waals surface area contributed by atoms with Crippen molar-refractivity contribution in [3.05, 3.63) is 126 Å². The predicted molar refractivity (Wildman–Crippen MR) is 179 cm³/mol. The Bertz CT molecular complexity index is 1600. The highest BCUT2D eigenvalue weighted by atomic mass is 32.2. The lowest BCUT2D eigenvalue weighted by Gasteiger charge is -2.15. The van der Waals surface area contributed by atoms with Crippen molar-refractivity contribution in [1.29, 1.82) is 0 Å². The van der Waals surface area contributed by atoms with Gasteiger partial charge in [0.2, 0.25) is 5.91 Å². The molecule has 0 aliphatic heterocycles. The average molecular weight is 608 g/mol. The fourth-order valence-corrected chi connectivity index (χ4v) is 5.11. The van der Waals surface area contributed by atoms with E-state index >= 15 is 0 Å². The SMILES string of the molecule is CCOc1ccccc1NC(=O)C(C)Sc1ccc(NC(=O)/C(=C/c2ccc(C(C)C)cc2)NC(=O)c2ccccc2)cc1. The second-order valence-electron chi connectivity index (χ2n) is 10.4. The minimum atomic E-state index is -0.455. The lowest BCUT2D eigenvalue weighted by atomic mass is 10.0. The summed E-state index contributed by atoms with van der Waals surface area (Å²) in [6.07, 6.45) is 1.66. The second kappa shape index (κ2) is 15.6. The van der Waals surface area contributed by atoms with Gasteiger partial charge in [0.25, 0.3) is 11.8 Å². The molecule has 0 saturated carbocycles. The Balaban J connectivity index is 1.44. The summed E-state index contributed by atoms with van der Waals surface area (Å²) >= 11 is 1.40. The molecule has 4 aromatic carbocycles. The summed E-state index contributed by atoms with van der Waals surface area (Å²) in [7, 11) is 0. The molecule has 7 nitrogen and oxygen atoms in total. The molecule has 226 valence electrons. The fourth-order valence-electron chi connectivity index (χ4n) is 4.24. The monoisotopic (exact) mass is 607 g/mol. The van der Waals surface area contributed by atoms with Crippen molar-refractivity contribution in [2.24, 2.45) is 0 Å². The zero-order valence-corrected chi connectivity index (χ0v) is 26.1. The molecule has 44 heavy (non-hydrogen) atoms. The number of thioether (sulfide) groups is 1. The summed E-state index contributed by atoms with van der Waals surface area (Å²) in [5.74, 6) is 0.0210. The van der Waals surface area contributed by atoms with Gasteiger partial charge >= 0.3 is 0 Å². The van der Waals surface area contributed by atoms with Gasteiger partial charge in [0.1, 0.15) is 11.4 Å². The van der Waals surface area contributed by atoms with E-state index in [0.29, 0.717) is 35.2 Å². The Kier molecular flexibility index (Phi) is 11.4. The van der Waals surface area contributed by atoms with E-state index in [-0.39, 0.29) is 22.8 Å². The Morgan fingerprint density at radius 1 is 0.795 bits per heavy atom. The van der Waals surface area contributed by atoms with Crippen LogP contribution in [0.3, 0.4) is 0 Å². The summed E-state index contributed by atoms with van der Waals surface area (Å²) in [6.45, 7) is 8.46. The molecule has 0 aliphatic carbocycles. The van der Waals surface area contributed by atoms with Crippen molar-refractivity contribution in [3.8, 4) is 5.75 Å². The van der Waals surface area contributed by atoms with E-state index in [1.165, 1.54) is 17.3 Å². The molecule has 4 aromatic rings.